The van der Waals surface area contributed by atoms with Gasteiger partial charge in [0.15, 0.2) is 0 Å². The van der Waals surface area contributed by atoms with E-state index in [1.165, 1.54) is 14.2 Å². The lowest BCUT2D eigenvalue weighted by Crippen LogP contribution is -2.20. The average Bonchev–Trinajstić information content (AvgIpc) is 2.57. The van der Waals surface area contributed by atoms with Gasteiger partial charge in [0.25, 0.3) is 0 Å². The number of benzene rings is 2. The molecule has 0 radical (unpaired) electrons. The number of ether oxygens (including phenoxy) is 3. The molecule has 0 saturated heterocycles. The molecule has 0 aliphatic rings. The molecule has 0 fully saturated rings. The Balaban J connectivity index is 2.21. The van der Waals surface area contributed by atoms with Crippen LogP contribution in [0.1, 0.15) is 5.56 Å². The van der Waals surface area contributed by atoms with E-state index in [9.17, 15) is 4.79 Å². The number of carbonyl (C=O) groups is 1. The van der Waals surface area contributed by atoms with Crippen molar-refractivity contribution in [1.29, 1.82) is 0 Å². The van der Waals surface area contributed by atoms with Crippen LogP contribution in [-0.2, 0) is 0 Å². The SMILES string of the molecule is COc1ccc(OC)c(NC(=O)Nc2cc(C)c(Cl)cc2OC)c1. The van der Waals surface area contributed by atoms with Crippen molar-refractivity contribution in [3.05, 3.63) is 40.9 Å². The quantitative estimate of drug-likeness (QED) is 0.842. The van der Waals surface area contributed by atoms with Gasteiger partial charge in [-0.2, -0.15) is 0 Å². The van der Waals surface area contributed by atoms with E-state index < -0.39 is 6.03 Å². The van der Waals surface area contributed by atoms with E-state index in [0.717, 1.165) is 5.56 Å². The van der Waals surface area contributed by atoms with Gasteiger partial charge in [-0.15, -0.1) is 0 Å². The summed E-state index contributed by atoms with van der Waals surface area (Å²) >= 11 is 6.07. The first-order valence-electron chi connectivity index (χ1n) is 7.12. The molecule has 0 atom stereocenters. The van der Waals surface area contributed by atoms with Gasteiger partial charge < -0.3 is 24.8 Å². The number of methoxy groups -OCH3 is 3. The number of anilines is 2. The smallest absolute Gasteiger partial charge is 0.323 e. The second-order valence-corrected chi connectivity index (χ2v) is 5.35. The number of rotatable bonds is 5. The molecule has 0 aliphatic carbocycles. The molecule has 24 heavy (non-hydrogen) atoms. The van der Waals surface area contributed by atoms with Gasteiger partial charge in [0.05, 0.1) is 32.7 Å². The number of carbonyl (C=O) groups excluding carboxylic acids is 1. The molecule has 0 saturated carbocycles. The molecule has 0 spiro atoms. The fraction of sp³-hybridized carbons (Fsp3) is 0.235. The summed E-state index contributed by atoms with van der Waals surface area (Å²) in [5, 5.41) is 6.03. The molecule has 2 N–H and O–H groups in total. The van der Waals surface area contributed by atoms with Crippen molar-refractivity contribution in [3.8, 4) is 17.2 Å². The minimum absolute atomic E-state index is 0.443. The van der Waals surface area contributed by atoms with E-state index in [1.54, 1.807) is 37.4 Å². The van der Waals surface area contributed by atoms with Crippen LogP contribution in [0, 0.1) is 6.92 Å². The zero-order chi connectivity index (χ0) is 17.7. The number of nitrogens with one attached hydrogen (secondary N) is 2. The third-order valence-corrected chi connectivity index (χ3v) is 3.79. The Hall–Kier alpha value is -2.60. The normalized spacial score (nSPS) is 10.0. The Labute approximate surface area is 145 Å². The molecule has 0 unspecified atom stereocenters. The number of aryl methyl sites for hydroxylation is 1. The summed E-state index contributed by atoms with van der Waals surface area (Å²) in [6.45, 7) is 1.84. The van der Waals surface area contributed by atoms with Gasteiger partial charge in [0, 0.05) is 17.2 Å². The molecule has 2 aromatic carbocycles. The lowest BCUT2D eigenvalue weighted by atomic mass is 10.2. The summed E-state index contributed by atoms with van der Waals surface area (Å²) in [5.74, 6) is 1.59. The van der Waals surface area contributed by atoms with Gasteiger partial charge in [-0.25, -0.2) is 4.79 Å². The summed E-state index contributed by atoms with van der Waals surface area (Å²) in [5.41, 5.74) is 1.82. The molecule has 2 amide bonds. The minimum atomic E-state index is -0.443. The van der Waals surface area contributed by atoms with Crippen molar-refractivity contribution in [3.63, 3.8) is 0 Å². The van der Waals surface area contributed by atoms with E-state index in [1.807, 2.05) is 6.92 Å². The first-order chi connectivity index (χ1) is 11.5. The van der Waals surface area contributed by atoms with Crippen LogP contribution in [-0.4, -0.2) is 27.4 Å². The van der Waals surface area contributed by atoms with Crippen LogP contribution in [0.5, 0.6) is 17.2 Å². The zero-order valence-corrected chi connectivity index (χ0v) is 14.7. The van der Waals surface area contributed by atoms with Crippen LogP contribution in [0.4, 0.5) is 16.2 Å². The van der Waals surface area contributed by atoms with E-state index in [4.69, 9.17) is 25.8 Å². The van der Waals surface area contributed by atoms with Crippen molar-refractivity contribution in [2.24, 2.45) is 0 Å². The van der Waals surface area contributed by atoms with Gasteiger partial charge in [-0.1, -0.05) is 11.6 Å². The third-order valence-electron chi connectivity index (χ3n) is 3.38. The largest absolute Gasteiger partial charge is 0.497 e. The molecular formula is C17H19ClN2O4. The van der Waals surface area contributed by atoms with Crippen molar-refractivity contribution in [2.75, 3.05) is 32.0 Å². The number of urea groups is 1. The fourth-order valence-corrected chi connectivity index (χ4v) is 2.27. The molecule has 6 nitrogen and oxygen atoms in total. The number of amides is 2. The summed E-state index contributed by atoms with van der Waals surface area (Å²) in [6.07, 6.45) is 0. The Morgan fingerprint density at radius 2 is 1.54 bits per heavy atom. The summed E-state index contributed by atoms with van der Waals surface area (Å²) in [4.78, 5) is 12.3. The molecule has 2 rings (SSSR count). The molecule has 0 aromatic heterocycles. The second-order valence-electron chi connectivity index (χ2n) is 4.95. The predicted octanol–water partition coefficient (Wildman–Crippen LogP) is 4.32. The van der Waals surface area contributed by atoms with Crippen LogP contribution in [0.3, 0.4) is 0 Å². The molecule has 0 aliphatic heterocycles. The van der Waals surface area contributed by atoms with Crippen molar-refractivity contribution in [2.45, 2.75) is 6.92 Å². The maximum atomic E-state index is 12.3. The summed E-state index contributed by atoms with van der Waals surface area (Å²) in [6, 6.07) is 8.07. The van der Waals surface area contributed by atoms with Gasteiger partial charge in [0.2, 0.25) is 0 Å². The molecule has 7 heteroatoms. The highest BCUT2D eigenvalue weighted by molar-refractivity contribution is 6.31. The first kappa shape index (κ1) is 17.7. The number of hydrogen-bond acceptors (Lipinski definition) is 4. The van der Waals surface area contributed by atoms with Crippen LogP contribution in [0.15, 0.2) is 30.3 Å². The molecule has 2 aromatic rings. The summed E-state index contributed by atoms with van der Waals surface area (Å²) in [7, 11) is 4.58. The zero-order valence-electron chi connectivity index (χ0n) is 13.9. The lowest BCUT2D eigenvalue weighted by Gasteiger charge is -2.15. The standard InChI is InChI=1S/C17H19ClN2O4/c1-10-7-13(16(24-4)9-12(10)18)19-17(21)20-14-8-11(22-2)5-6-15(14)23-3/h5-9H,1-4H3,(H2,19,20,21). The van der Waals surface area contributed by atoms with Gasteiger partial charge in [0.1, 0.15) is 17.2 Å². The Morgan fingerprint density at radius 3 is 2.12 bits per heavy atom. The number of halogens is 1. The lowest BCUT2D eigenvalue weighted by molar-refractivity contribution is 0.262. The van der Waals surface area contributed by atoms with Gasteiger partial charge in [-0.3, -0.25) is 0 Å². The first-order valence-corrected chi connectivity index (χ1v) is 7.50. The Morgan fingerprint density at radius 1 is 0.917 bits per heavy atom. The van der Waals surface area contributed by atoms with E-state index >= 15 is 0 Å². The predicted molar refractivity (Wildman–Crippen MR) is 94.9 cm³/mol. The van der Waals surface area contributed by atoms with E-state index in [0.29, 0.717) is 33.6 Å². The topological polar surface area (TPSA) is 68.8 Å². The minimum Gasteiger partial charge on any atom is -0.497 e. The van der Waals surface area contributed by atoms with Crippen LogP contribution in [0.2, 0.25) is 5.02 Å². The van der Waals surface area contributed by atoms with Crippen molar-refractivity contribution >= 4 is 29.0 Å². The maximum absolute atomic E-state index is 12.3. The van der Waals surface area contributed by atoms with Crippen molar-refractivity contribution in [1.82, 2.24) is 0 Å². The molecular weight excluding hydrogens is 332 g/mol. The fourth-order valence-electron chi connectivity index (χ4n) is 2.12. The monoisotopic (exact) mass is 350 g/mol. The Bertz CT molecular complexity index is 750. The van der Waals surface area contributed by atoms with E-state index in [2.05, 4.69) is 10.6 Å². The molecule has 0 bridgehead atoms. The Kier molecular flexibility index (Phi) is 5.76. The molecule has 128 valence electrons. The van der Waals surface area contributed by atoms with Gasteiger partial charge >= 0.3 is 6.03 Å². The number of hydrogen-bond donors (Lipinski definition) is 2. The van der Waals surface area contributed by atoms with Crippen LogP contribution in [0.25, 0.3) is 0 Å². The van der Waals surface area contributed by atoms with Crippen LogP contribution >= 0.6 is 11.6 Å². The maximum Gasteiger partial charge on any atom is 0.323 e. The van der Waals surface area contributed by atoms with Crippen LogP contribution < -0.4 is 24.8 Å². The second kappa shape index (κ2) is 7.79. The molecule has 0 heterocycles. The summed E-state index contributed by atoms with van der Waals surface area (Å²) < 4.78 is 15.6. The van der Waals surface area contributed by atoms with Gasteiger partial charge in [-0.05, 0) is 30.7 Å². The third kappa shape index (κ3) is 4.02. The highest BCUT2D eigenvalue weighted by atomic mass is 35.5. The highest BCUT2D eigenvalue weighted by Crippen LogP contribution is 2.32. The highest BCUT2D eigenvalue weighted by Gasteiger charge is 2.13. The average molecular weight is 351 g/mol. The van der Waals surface area contributed by atoms with Crippen molar-refractivity contribution < 1.29 is 19.0 Å². The van der Waals surface area contributed by atoms with E-state index in [-0.39, 0.29) is 0 Å².